The van der Waals surface area contributed by atoms with Crippen molar-refractivity contribution < 1.29 is 20.0 Å². The van der Waals surface area contributed by atoms with Crippen molar-refractivity contribution in [1.82, 2.24) is 4.98 Å². The molecule has 0 aliphatic heterocycles. The van der Waals surface area contributed by atoms with Crippen molar-refractivity contribution in [2.24, 2.45) is 0 Å². The molecule has 0 saturated carbocycles. The summed E-state index contributed by atoms with van der Waals surface area (Å²) in [6, 6.07) is 0.632. The molecule has 0 bridgehead atoms. The first-order valence-corrected chi connectivity index (χ1v) is 3.14. The number of carbonyl (C=O) groups is 1. The van der Waals surface area contributed by atoms with E-state index in [-0.39, 0.29) is 12.1 Å². The van der Waals surface area contributed by atoms with E-state index in [0.29, 0.717) is 0 Å². The molecule has 1 rings (SSSR count). The first kappa shape index (κ1) is 8.25. The molecule has 1 heterocycles. The summed E-state index contributed by atoms with van der Waals surface area (Å²) in [5.41, 5.74) is -0.383. The van der Waals surface area contributed by atoms with Crippen LogP contribution in [0, 0.1) is 0 Å². The summed E-state index contributed by atoms with van der Waals surface area (Å²) in [7, 11) is 0. The monoisotopic (exact) mass is 171 g/mol. The maximum atomic E-state index is 10.7. The van der Waals surface area contributed by atoms with Gasteiger partial charge in [-0.1, -0.05) is 0 Å². The lowest BCUT2D eigenvalue weighted by Gasteiger charge is -1.90. The number of hydrogen-bond acceptors (Lipinski definition) is 3. The molecule has 6 heteroatoms. The molecular formula is C6H7N2O4+. The fraction of sp³-hybridized carbons (Fsp3) is 0.167. The van der Waals surface area contributed by atoms with E-state index in [1.807, 2.05) is 4.98 Å². The van der Waals surface area contributed by atoms with E-state index in [9.17, 15) is 9.59 Å². The molecule has 4 N–H and O–H groups in total. The minimum atomic E-state index is -1.07. The fourth-order valence-electron chi connectivity index (χ4n) is 0.789. The highest BCUT2D eigenvalue weighted by Gasteiger charge is 2.08. The van der Waals surface area contributed by atoms with E-state index in [1.165, 1.54) is 0 Å². The second-order valence-corrected chi connectivity index (χ2v) is 2.20. The second-order valence-electron chi connectivity index (χ2n) is 2.20. The molecular weight excluding hydrogens is 164 g/mol. The second kappa shape index (κ2) is 3.04. The third kappa shape index (κ3) is 2.08. The van der Waals surface area contributed by atoms with Crippen LogP contribution in [0.15, 0.2) is 10.9 Å². The molecule has 0 atom stereocenters. The number of aromatic nitrogens is 2. The summed E-state index contributed by atoms with van der Waals surface area (Å²) < 4.78 is 0. The molecule has 0 saturated heterocycles. The van der Waals surface area contributed by atoms with Crippen LogP contribution in [0.1, 0.15) is 5.69 Å². The van der Waals surface area contributed by atoms with Gasteiger partial charge in [0.2, 0.25) is 0 Å². The van der Waals surface area contributed by atoms with Crippen LogP contribution in [0.5, 0.6) is 6.01 Å². The molecule has 0 spiro atoms. The van der Waals surface area contributed by atoms with Crippen LogP contribution in [-0.2, 0) is 11.2 Å². The highest BCUT2D eigenvalue weighted by atomic mass is 16.4. The van der Waals surface area contributed by atoms with Crippen LogP contribution in [0.4, 0.5) is 0 Å². The summed E-state index contributed by atoms with van der Waals surface area (Å²) in [6.45, 7) is 0. The summed E-state index contributed by atoms with van der Waals surface area (Å²) in [5, 5.41) is 17.1. The van der Waals surface area contributed by atoms with Crippen LogP contribution in [0.2, 0.25) is 0 Å². The van der Waals surface area contributed by atoms with E-state index in [1.54, 1.807) is 0 Å². The van der Waals surface area contributed by atoms with Crippen LogP contribution >= 0.6 is 0 Å². The Kier molecular flexibility index (Phi) is 2.09. The first-order valence-electron chi connectivity index (χ1n) is 3.14. The van der Waals surface area contributed by atoms with Crippen LogP contribution in [-0.4, -0.2) is 21.2 Å². The lowest BCUT2D eigenvalue weighted by Crippen LogP contribution is -2.22. The van der Waals surface area contributed by atoms with Crippen molar-refractivity contribution in [1.29, 1.82) is 0 Å². The highest BCUT2D eigenvalue weighted by Crippen LogP contribution is 1.90. The van der Waals surface area contributed by atoms with Gasteiger partial charge in [0.15, 0.2) is 0 Å². The van der Waals surface area contributed by atoms with E-state index in [0.717, 1.165) is 6.07 Å². The molecule has 64 valence electrons. The predicted molar refractivity (Wildman–Crippen MR) is 36.6 cm³/mol. The summed E-state index contributed by atoms with van der Waals surface area (Å²) in [4.78, 5) is 25.2. The van der Waals surface area contributed by atoms with Gasteiger partial charge < -0.3 is 10.2 Å². The maximum Gasteiger partial charge on any atom is 0.452 e. The Morgan fingerprint density at radius 3 is 2.83 bits per heavy atom. The van der Waals surface area contributed by atoms with Crippen molar-refractivity contribution in [2.75, 3.05) is 0 Å². The number of H-pyrrole nitrogens is 2. The molecule has 12 heavy (non-hydrogen) atoms. The number of aliphatic carboxylic acids is 1. The number of aromatic hydroxyl groups is 1. The minimum absolute atomic E-state index is 0.156. The van der Waals surface area contributed by atoms with Gasteiger partial charge in [0.05, 0.1) is 6.07 Å². The number of nitrogens with one attached hydrogen (secondary N) is 2. The topological polar surface area (TPSA) is 105 Å². The fourth-order valence-corrected chi connectivity index (χ4v) is 0.789. The Morgan fingerprint density at radius 2 is 2.33 bits per heavy atom. The maximum absolute atomic E-state index is 10.7. The Morgan fingerprint density at radius 1 is 1.67 bits per heavy atom. The molecule has 1 aromatic rings. The molecule has 0 aliphatic rings. The summed E-state index contributed by atoms with van der Waals surface area (Å²) in [6.07, 6.45) is -0.322. The largest absolute Gasteiger partial charge is 0.481 e. The van der Waals surface area contributed by atoms with E-state index in [2.05, 4.69) is 4.98 Å². The Labute approximate surface area is 66.5 Å². The SMILES string of the molecule is O=C(O)Cc1cc(=O)[nH]c(O)[nH+]1. The third-order valence-corrected chi connectivity index (χ3v) is 1.17. The highest BCUT2D eigenvalue weighted by molar-refractivity contribution is 5.69. The Bertz CT molecular complexity index is 357. The Hall–Kier alpha value is -1.85. The number of carboxylic acid groups (broad SMARTS) is 1. The van der Waals surface area contributed by atoms with Gasteiger partial charge in [-0.15, -0.1) is 0 Å². The predicted octanol–water partition coefficient (Wildman–Crippen LogP) is -1.48. The Balaban J connectivity index is 3.01. The zero-order valence-corrected chi connectivity index (χ0v) is 6.00. The summed E-state index contributed by atoms with van der Waals surface area (Å²) >= 11 is 0. The van der Waals surface area contributed by atoms with Crippen molar-refractivity contribution >= 4 is 5.97 Å². The average molecular weight is 171 g/mol. The van der Waals surface area contributed by atoms with Gasteiger partial charge in [0, 0.05) is 0 Å². The minimum Gasteiger partial charge on any atom is -0.481 e. The number of hydrogen-bond donors (Lipinski definition) is 3. The molecule has 0 fully saturated rings. The van der Waals surface area contributed by atoms with E-state index >= 15 is 0 Å². The average Bonchev–Trinajstić information content (AvgIpc) is 1.81. The zero-order chi connectivity index (χ0) is 9.14. The van der Waals surface area contributed by atoms with Crippen molar-refractivity contribution in [3.8, 4) is 6.01 Å². The molecule has 1 aromatic heterocycles. The molecule has 0 amide bonds. The van der Waals surface area contributed by atoms with E-state index < -0.39 is 17.5 Å². The van der Waals surface area contributed by atoms with Crippen molar-refractivity contribution in [3.63, 3.8) is 0 Å². The lowest BCUT2D eigenvalue weighted by atomic mass is 10.3. The van der Waals surface area contributed by atoms with E-state index in [4.69, 9.17) is 10.2 Å². The van der Waals surface area contributed by atoms with Gasteiger partial charge in [0.1, 0.15) is 12.1 Å². The molecule has 0 unspecified atom stereocenters. The van der Waals surface area contributed by atoms with Gasteiger partial charge in [-0.25, -0.2) is 9.78 Å². The van der Waals surface area contributed by atoms with Gasteiger partial charge in [0.25, 0.3) is 0 Å². The van der Waals surface area contributed by atoms with Gasteiger partial charge >= 0.3 is 17.5 Å². The van der Waals surface area contributed by atoms with Crippen LogP contribution in [0.3, 0.4) is 0 Å². The zero-order valence-electron chi connectivity index (χ0n) is 6.00. The van der Waals surface area contributed by atoms with Crippen molar-refractivity contribution in [3.05, 3.63) is 22.1 Å². The lowest BCUT2D eigenvalue weighted by molar-refractivity contribution is -0.410. The van der Waals surface area contributed by atoms with Crippen LogP contribution < -0.4 is 10.5 Å². The smallest absolute Gasteiger partial charge is 0.452 e. The third-order valence-electron chi connectivity index (χ3n) is 1.17. The van der Waals surface area contributed by atoms with Crippen LogP contribution in [0.25, 0.3) is 0 Å². The number of carboxylic acids is 1. The van der Waals surface area contributed by atoms with Gasteiger partial charge in [-0.2, -0.15) is 4.98 Å². The molecule has 0 aliphatic carbocycles. The van der Waals surface area contributed by atoms with Crippen molar-refractivity contribution in [2.45, 2.75) is 6.42 Å². The number of aromatic amines is 2. The first-order chi connectivity index (χ1) is 5.58. The van der Waals surface area contributed by atoms with Gasteiger partial charge in [-0.3, -0.25) is 4.79 Å². The molecule has 0 radical (unpaired) electrons. The standard InChI is InChI=1S/C6H6N2O4/c9-4-1-3(2-5(10)11)7-6(12)8-4/h1H,2H2,(H,10,11)(H2,7,8,9,12)/p+1. The molecule has 6 nitrogen and oxygen atoms in total. The quantitative estimate of drug-likeness (QED) is 0.504. The normalized spacial score (nSPS) is 9.67. The van der Waals surface area contributed by atoms with Gasteiger partial charge in [-0.05, 0) is 0 Å². The summed E-state index contributed by atoms with van der Waals surface area (Å²) in [5.74, 6) is -1.07. The molecule has 0 aromatic carbocycles. The number of rotatable bonds is 2.